The highest BCUT2D eigenvalue weighted by Gasteiger charge is 2.21. The molecule has 7 nitrogen and oxygen atoms in total. The van der Waals surface area contributed by atoms with Crippen molar-refractivity contribution in [2.45, 2.75) is 31.8 Å². The number of hydrogen-bond acceptors (Lipinski definition) is 4. The van der Waals surface area contributed by atoms with Crippen molar-refractivity contribution in [3.8, 4) is 0 Å². The molecule has 0 bridgehead atoms. The van der Waals surface area contributed by atoms with Crippen molar-refractivity contribution in [2.75, 3.05) is 13.6 Å². The van der Waals surface area contributed by atoms with Gasteiger partial charge in [-0.3, -0.25) is 9.36 Å². The van der Waals surface area contributed by atoms with Crippen LogP contribution < -0.4 is 4.72 Å². The lowest BCUT2D eigenvalue weighted by Gasteiger charge is -2.19. The minimum absolute atomic E-state index is 0.0317. The summed E-state index contributed by atoms with van der Waals surface area (Å²) in [7, 11) is -2.27. The first-order chi connectivity index (χ1) is 12.2. The van der Waals surface area contributed by atoms with Gasteiger partial charge in [-0.2, -0.15) is 8.78 Å². The van der Waals surface area contributed by atoms with E-state index in [0.29, 0.717) is 10.1 Å². The third-order valence-corrected chi connectivity index (χ3v) is 5.31. The number of benzene rings is 1. The zero-order valence-electron chi connectivity index (χ0n) is 14.6. The average Bonchev–Trinajstić information content (AvgIpc) is 3.02. The van der Waals surface area contributed by atoms with Crippen molar-refractivity contribution in [3.05, 3.63) is 47.5 Å². The maximum Gasteiger partial charge on any atom is 0.319 e. The topological polar surface area (TPSA) is 84.3 Å². The molecule has 0 aliphatic carbocycles. The van der Waals surface area contributed by atoms with Crippen molar-refractivity contribution in [3.63, 3.8) is 0 Å². The molecule has 1 N–H and O–H groups in total. The number of nitrogens with one attached hydrogen (secondary N) is 1. The van der Waals surface area contributed by atoms with E-state index in [1.165, 1.54) is 36.3 Å². The van der Waals surface area contributed by atoms with Gasteiger partial charge < -0.3 is 4.90 Å². The minimum Gasteiger partial charge on any atom is -0.334 e. The summed E-state index contributed by atoms with van der Waals surface area (Å²) in [6.07, 6.45) is 2.36. The summed E-state index contributed by atoms with van der Waals surface area (Å²) in [5, 5.41) is 0. The van der Waals surface area contributed by atoms with Crippen LogP contribution in [0.15, 0.2) is 35.5 Å². The molecule has 0 unspecified atom stereocenters. The Hall–Kier alpha value is -2.33. The lowest BCUT2D eigenvalue weighted by atomic mass is 10.1. The van der Waals surface area contributed by atoms with Gasteiger partial charge in [0.05, 0.1) is 11.4 Å². The van der Waals surface area contributed by atoms with Crippen molar-refractivity contribution >= 4 is 15.9 Å². The third kappa shape index (κ3) is 4.25. The summed E-state index contributed by atoms with van der Waals surface area (Å²) in [6, 6.07) is 4.23. The van der Waals surface area contributed by atoms with Gasteiger partial charge >= 0.3 is 6.55 Å². The Labute approximate surface area is 150 Å². The summed E-state index contributed by atoms with van der Waals surface area (Å²) in [6.45, 7) is 0.642. The first kappa shape index (κ1) is 20.0. The van der Waals surface area contributed by atoms with Crippen molar-refractivity contribution < 1.29 is 22.0 Å². The van der Waals surface area contributed by atoms with E-state index >= 15 is 0 Å². The molecule has 1 amide bonds. The molecule has 1 aromatic carbocycles. The average molecular weight is 386 g/mol. The SMILES string of the molecule is CCNS(=O)(=O)c1ccc(C)c(C(=O)N(C)Cc2nccn2C(F)F)c1. The second-order valence-corrected chi connectivity index (χ2v) is 7.43. The number of amides is 1. The lowest BCUT2D eigenvalue weighted by Crippen LogP contribution is -2.29. The van der Waals surface area contributed by atoms with Crippen molar-refractivity contribution in [1.82, 2.24) is 19.2 Å². The minimum atomic E-state index is -3.71. The Morgan fingerprint density at radius 3 is 2.69 bits per heavy atom. The monoisotopic (exact) mass is 386 g/mol. The Morgan fingerprint density at radius 1 is 1.38 bits per heavy atom. The summed E-state index contributed by atoms with van der Waals surface area (Å²) in [5.74, 6) is -0.454. The molecule has 0 fully saturated rings. The number of rotatable bonds is 7. The normalized spacial score (nSPS) is 11.8. The highest BCUT2D eigenvalue weighted by Crippen LogP contribution is 2.19. The largest absolute Gasteiger partial charge is 0.334 e. The number of aryl methyl sites for hydroxylation is 1. The number of carbonyl (C=O) groups is 1. The summed E-state index contributed by atoms with van der Waals surface area (Å²) < 4.78 is 53.1. The number of halogens is 2. The molecule has 0 aliphatic heterocycles. The van der Waals surface area contributed by atoms with Crippen LogP contribution in [0.25, 0.3) is 0 Å². The van der Waals surface area contributed by atoms with Gasteiger partial charge in [0, 0.05) is 31.5 Å². The first-order valence-electron chi connectivity index (χ1n) is 7.83. The second-order valence-electron chi connectivity index (χ2n) is 5.67. The Morgan fingerprint density at radius 2 is 2.08 bits per heavy atom. The van der Waals surface area contributed by atoms with Crippen molar-refractivity contribution in [1.29, 1.82) is 0 Å². The number of hydrogen-bond donors (Lipinski definition) is 1. The van der Waals surface area contributed by atoms with Gasteiger partial charge in [-0.1, -0.05) is 13.0 Å². The Bertz CT molecular complexity index is 897. The molecule has 0 atom stereocenters. The second kappa shape index (κ2) is 7.92. The first-order valence-corrected chi connectivity index (χ1v) is 9.31. The summed E-state index contributed by atoms with van der Waals surface area (Å²) in [4.78, 5) is 17.7. The molecule has 0 saturated carbocycles. The standard InChI is InChI=1S/C16H20F2N4O3S/c1-4-20-26(24,25)12-6-5-11(2)13(9-12)15(23)21(3)10-14-19-7-8-22(14)16(17)18/h5-9,16,20H,4,10H2,1-3H3. The molecule has 142 valence electrons. The van der Waals surface area contributed by atoms with Crippen LogP contribution in [-0.2, 0) is 16.6 Å². The lowest BCUT2D eigenvalue weighted by molar-refractivity contribution is 0.0612. The molecule has 1 heterocycles. The van der Waals surface area contributed by atoms with Gasteiger partial charge in [0.25, 0.3) is 5.91 Å². The smallest absolute Gasteiger partial charge is 0.319 e. The van der Waals surface area contributed by atoms with E-state index in [1.807, 2.05) is 0 Å². The van der Waals surface area contributed by atoms with Crippen LogP contribution in [0.4, 0.5) is 8.78 Å². The maximum atomic E-state index is 12.9. The molecule has 10 heteroatoms. The van der Waals surface area contributed by atoms with Crippen molar-refractivity contribution in [2.24, 2.45) is 0 Å². The Balaban J connectivity index is 2.29. The van der Waals surface area contributed by atoms with Gasteiger partial charge in [-0.05, 0) is 24.6 Å². The van der Waals surface area contributed by atoms with Gasteiger partial charge in [0.2, 0.25) is 10.0 Å². The van der Waals surface area contributed by atoms with Crippen LogP contribution in [0.1, 0.15) is 35.2 Å². The van der Waals surface area contributed by atoms with Crippen LogP contribution in [0, 0.1) is 6.92 Å². The van der Waals surface area contributed by atoms with Crippen LogP contribution in [-0.4, -0.2) is 42.4 Å². The number of sulfonamides is 1. The van der Waals surface area contributed by atoms with E-state index in [2.05, 4.69) is 9.71 Å². The van der Waals surface area contributed by atoms with Crippen LogP contribution >= 0.6 is 0 Å². The van der Waals surface area contributed by atoms with E-state index in [9.17, 15) is 22.0 Å². The van der Waals surface area contributed by atoms with E-state index in [4.69, 9.17) is 0 Å². The van der Waals surface area contributed by atoms with Crippen LogP contribution in [0.3, 0.4) is 0 Å². The van der Waals surface area contributed by atoms with E-state index in [0.717, 1.165) is 6.20 Å². The van der Waals surface area contributed by atoms with Gasteiger partial charge in [0.15, 0.2) is 0 Å². The highest BCUT2D eigenvalue weighted by molar-refractivity contribution is 7.89. The fourth-order valence-electron chi connectivity index (χ4n) is 2.41. The van der Waals surface area contributed by atoms with Gasteiger partial charge in [0.1, 0.15) is 5.82 Å². The quantitative estimate of drug-likeness (QED) is 0.790. The fourth-order valence-corrected chi connectivity index (χ4v) is 3.47. The summed E-state index contributed by atoms with van der Waals surface area (Å²) >= 11 is 0. The van der Waals surface area contributed by atoms with Crippen LogP contribution in [0.2, 0.25) is 0 Å². The molecule has 2 rings (SSSR count). The van der Waals surface area contributed by atoms with Gasteiger partial charge in [-0.15, -0.1) is 0 Å². The molecule has 26 heavy (non-hydrogen) atoms. The molecule has 0 radical (unpaired) electrons. The van der Waals surface area contributed by atoms with E-state index in [-0.39, 0.29) is 29.4 Å². The Kier molecular flexibility index (Phi) is 6.09. The predicted octanol–water partition coefficient (Wildman–Crippen LogP) is 2.16. The highest BCUT2D eigenvalue weighted by atomic mass is 32.2. The number of aromatic nitrogens is 2. The molecule has 0 aliphatic rings. The number of carbonyl (C=O) groups excluding carboxylic acids is 1. The molecule has 0 saturated heterocycles. The zero-order chi connectivity index (χ0) is 19.5. The summed E-state index contributed by atoms with van der Waals surface area (Å²) in [5.41, 5.74) is 0.760. The fraction of sp³-hybridized carbons (Fsp3) is 0.375. The molecular formula is C16H20F2N4O3S. The molecular weight excluding hydrogens is 366 g/mol. The predicted molar refractivity (Wildman–Crippen MR) is 91.3 cm³/mol. The molecule has 1 aromatic heterocycles. The van der Waals surface area contributed by atoms with Crippen LogP contribution in [0.5, 0.6) is 0 Å². The van der Waals surface area contributed by atoms with Gasteiger partial charge in [-0.25, -0.2) is 18.1 Å². The van der Waals surface area contributed by atoms with E-state index in [1.54, 1.807) is 13.8 Å². The molecule has 2 aromatic rings. The number of nitrogens with zero attached hydrogens (tertiary/aromatic N) is 3. The molecule has 0 spiro atoms. The van der Waals surface area contributed by atoms with E-state index < -0.39 is 22.5 Å². The maximum absolute atomic E-state index is 12.9. The zero-order valence-corrected chi connectivity index (χ0v) is 15.4. The number of imidazole rings is 1. The third-order valence-electron chi connectivity index (χ3n) is 3.77. The number of alkyl halides is 2.